The number of carbonyl (C=O) groups excluding carboxylic acids is 2. The predicted octanol–water partition coefficient (Wildman–Crippen LogP) is 1.71. The third-order valence-electron chi connectivity index (χ3n) is 3.82. The Morgan fingerprint density at radius 3 is 2.52 bits per heavy atom. The summed E-state index contributed by atoms with van der Waals surface area (Å²) >= 11 is 0. The molecular formula is C16H23N3O2. The fourth-order valence-electron chi connectivity index (χ4n) is 2.68. The molecule has 1 aliphatic heterocycles. The standard InChI is InChI=1S/C16H23N3O2/c1-3-15(20)18-14-4-6-19(7-5-14)16(21)12-8-11(2)9-13(17)10-12/h8-10,14H,3-7,17H2,1-2H3,(H,18,20). The normalized spacial score (nSPS) is 15.8. The van der Waals surface area contributed by atoms with Gasteiger partial charge in [0.15, 0.2) is 0 Å². The number of hydrogen-bond donors (Lipinski definition) is 2. The monoisotopic (exact) mass is 289 g/mol. The maximum atomic E-state index is 12.5. The molecule has 0 radical (unpaired) electrons. The zero-order chi connectivity index (χ0) is 15.4. The van der Waals surface area contributed by atoms with Gasteiger partial charge in [0.2, 0.25) is 5.91 Å². The van der Waals surface area contributed by atoms with E-state index in [1.807, 2.05) is 30.9 Å². The van der Waals surface area contributed by atoms with Gasteiger partial charge in [-0.2, -0.15) is 0 Å². The van der Waals surface area contributed by atoms with E-state index in [0.717, 1.165) is 18.4 Å². The molecule has 0 unspecified atom stereocenters. The number of nitrogens with zero attached hydrogens (tertiary/aromatic N) is 1. The number of nitrogens with two attached hydrogens (primary N) is 1. The average Bonchev–Trinajstić information content (AvgIpc) is 2.46. The quantitative estimate of drug-likeness (QED) is 0.832. The molecule has 3 N–H and O–H groups in total. The van der Waals surface area contributed by atoms with E-state index >= 15 is 0 Å². The first-order valence-electron chi connectivity index (χ1n) is 7.45. The topological polar surface area (TPSA) is 75.4 Å². The van der Waals surface area contributed by atoms with Crippen molar-refractivity contribution in [1.82, 2.24) is 10.2 Å². The van der Waals surface area contributed by atoms with E-state index in [4.69, 9.17) is 5.73 Å². The van der Waals surface area contributed by atoms with Crippen LogP contribution >= 0.6 is 0 Å². The van der Waals surface area contributed by atoms with Gasteiger partial charge in [-0.25, -0.2) is 0 Å². The molecular weight excluding hydrogens is 266 g/mol. The highest BCUT2D eigenvalue weighted by Crippen LogP contribution is 2.17. The highest BCUT2D eigenvalue weighted by molar-refractivity contribution is 5.95. The Hall–Kier alpha value is -2.04. The van der Waals surface area contributed by atoms with E-state index in [0.29, 0.717) is 30.8 Å². The minimum Gasteiger partial charge on any atom is -0.399 e. The number of amides is 2. The molecule has 5 nitrogen and oxygen atoms in total. The molecule has 1 saturated heterocycles. The van der Waals surface area contributed by atoms with Crippen LogP contribution in [0.15, 0.2) is 18.2 Å². The van der Waals surface area contributed by atoms with Crippen LogP contribution in [0.4, 0.5) is 5.69 Å². The van der Waals surface area contributed by atoms with Gasteiger partial charge in [0.1, 0.15) is 0 Å². The number of rotatable bonds is 3. The maximum Gasteiger partial charge on any atom is 0.253 e. The summed E-state index contributed by atoms with van der Waals surface area (Å²) in [6.07, 6.45) is 2.11. The molecule has 0 spiro atoms. The Bertz CT molecular complexity index is 514. The van der Waals surface area contributed by atoms with Crippen molar-refractivity contribution in [3.8, 4) is 0 Å². The highest BCUT2D eigenvalue weighted by atomic mass is 16.2. The smallest absolute Gasteiger partial charge is 0.253 e. The van der Waals surface area contributed by atoms with Gasteiger partial charge in [-0.15, -0.1) is 0 Å². The van der Waals surface area contributed by atoms with E-state index in [2.05, 4.69) is 5.32 Å². The molecule has 0 bridgehead atoms. The summed E-state index contributed by atoms with van der Waals surface area (Å²) in [7, 11) is 0. The summed E-state index contributed by atoms with van der Waals surface area (Å²) in [5.74, 6) is 0.0944. The van der Waals surface area contributed by atoms with Crippen LogP contribution in [0.1, 0.15) is 42.1 Å². The molecule has 1 fully saturated rings. The third kappa shape index (κ3) is 3.97. The average molecular weight is 289 g/mol. The second-order valence-corrected chi connectivity index (χ2v) is 5.62. The molecule has 2 amide bonds. The van der Waals surface area contributed by atoms with Crippen molar-refractivity contribution >= 4 is 17.5 Å². The van der Waals surface area contributed by atoms with E-state index in [1.165, 1.54) is 0 Å². The van der Waals surface area contributed by atoms with E-state index in [-0.39, 0.29) is 17.9 Å². The van der Waals surface area contributed by atoms with Crippen molar-refractivity contribution in [2.45, 2.75) is 39.2 Å². The Balaban J connectivity index is 1.95. The van der Waals surface area contributed by atoms with Gasteiger partial charge >= 0.3 is 0 Å². The van der Waals surface area contributed by atoms with Crippen molar-refractivity contribution in [2.75, 3.05) is 18.8 Å². The number of carbonyl (C=O) groups is 2. The second kappa shape index (κ2) is 6.61. The lowest BCUT2D eigenvalue weighted by Gasteiger charge is -2.32. The fourth-order valence-corrected chi connectivity index (χ4v) is 2.68. The first-order valence-corrected chi connectivity index (χ1v) is 7.45. The first kappa shape index (κ1) is 15.4. The van der Waals surface area contributed by atoms with Gasteiger partial charge in [-0.05, 0) is 43.5 Å². The lowest BCUT2D eigenvalue weighted by atomic mass is 10.0. The SMILES string of the molecule is CCC(=O)NC1CCN(C(=O)c2cc(C)cc(N)c2)CC1. The van der Waals surface area contributed by atoms with Crippen molar-refractivity contribution in [3.63, 3.8) is 0 Å². The molecule has 114 valence electrons. The van der Waals surface area contributed by atoms with Gasteiger partial charge in [0.05, 0.1) is 0 Å². The summed E-state index contributed by atoms with van der Waals surface area (Å²) < 4.78 is 0. The Morgan fingerprint density at radius 2 is 1.95 bits per heavy atom. The van der Waals surface area contributed by atoms with Crippen LogP contribution in [0.25, 0.3) is 0 Å². The van der Waals surface area contributed by atoms with Gasteiger partial charge in [0, 0.05) is 36.8 Å². The minimum atomic E-state index is 0.0191. The summed E-state index contributed by atoms with van der Waals surface area (Å²) in [4.78, 5) is 25.7. The molecule has 2 rings (SSSR count). The number of aryl methyl sites for hydroxylation is 1. The van der Waals surface area contributed by atoms with Gasteiger partial charge < -0.3 is 16.0 Å². The fraction of sp³-hybridized carbons (Fsp3) is 0.500. The van der Waals surface area contributed by atoms with Crippen LogP contribution in [0.5, 0.6) is 0 Å². The zero-order valence-corrected chi connectivity index (χ0v) is 12.7. The molecule has 1 aromatic rings. The molecule has 0 atom stereocenters. The van der Waals surface area contributed by atoms with E-state index in [1.54, 1.807) is 6.07 Å². The molecule has 0 aliphatic carbocycles. The number of piperidine rings is 1. The van der Waals surface area contributed by atoms with Crippen LogP contribution in [-0.4, -0.2) is 35.8 Å². The van der Waals surface area contributed by atoms with Gasteiger partial charge in [-0.1, -0.05) is 6.92 Å². The van der Waals surface area contributed by atoms with Crippen LogP contribution in [0, 0.1) is 6.92 Å². The van der Waals surface area contributed by atoms with Crippen molar-refractivity contribution in [2.24, 2.45) is 0 Å². The Morgan fingerprint density at radius 1 is 1.29 bits per heavy atom. The lowest BCUT2D eigenvalue weighted by Crippen LogP contribution is -2.46. The molecule has 1 aromatic carbocycles. The van der Waals surface area contributed by atoms with Crippen LogP contribution < -0.4 is 11.1 Å². The molecule has 5 heteroatoms. The summed E-state index contributed by atoms with van der Waals surface area (Å²) in [6, 6.07) is 5.62. The molecule has 0 aromatic heterocycles. The number of hydrogen-bond acceptors (Lipinski definition) is 3. The third-order valence-corrected chi connectivity index (χ3v) is 3.82. The molecule has 1 aliphatic rings. The Kier molecular flexibility index (Phi) is 4.83. The zero-order valence-electron chi connectivity index (χ0n) is 12.7. The van der Waals surface area contributed by atoms with Crippen LogP contribution in [-0.2, 0) is 4.79 Å². The van der Waals surface area contributed by atoms with Crippen molar-refractivity contribution in [3.05, 3.63) is 29.3 Å². The molecule has 0 saturated carbocycles. The van der Waals surface area contributed by atoms with Gasteiger partial charge in [-0.3, -0.25) is 9.59 Å². The minimum absolute atomic E-state index is 0.0191. The number of benzene rings is 1. The number of nitrogen functional groups attached to an aromatic ring is 1. The summed E-state index contributed by atoms with van der Waals surface area (Å²) in [5, 5.41) is 2.99. The van der Waals surface area contributed by atoms with Gasteiger partial charge in [0.25, 0.3) is 5.91 Å². The van der Waals surface area contributed by atoms with Crippen molar-refractivity contribution < 1.29 is 9.59 Å². The van der Waals surface area contributed by atoms with Crippen LogP contribution in [0.3, 0.4) is 0 Å². The largest absolute Gasteiger partial charge is 0.399 e. The Labute approximate surface area is 125 Å². The predicted molar refractivity (Wildman–Crippen MR) is 83.0 cm³/mol. The summed E-state index contributed by atoms with van der Waals surface area (Å²) in [6.45, 7) is 5.11. The van der Waals surface area contributed by atoms with Crippen LogP contribution in [0.2, 0.25) is 0 Å². The second-order valence-electron chi connectivity index (χ2n) is 5.62. The molecule has 1 heterocycles. The highest BCUT2D eigenvalue weighted by Gasteiger charge is 2.24. The van der Waals surface area contributed by atoms with Crippen molar-refractivity contribution in [1.29, 1.82) is 0 Å². The molecule has 21 heavy (non-hydrogen) atoms. The number of nitrogens with one attached hydrogen (secondary N) is 1. The number of likely N-dealkylation sites (tertiary alicyclic amines) is 1. The maximum absolute atomic E-state index is 12.5. The summed E-state index contributed by atoms with van der Waals surface area (Å²) in [5.41, 5.74) is 8.05. The van der Waals surface area contributed by atoms with E-state index < -0.39 is 0 Å². The number of anilines is 1. The van der Waals surface area contributed by atoms with E-state index in [9.17, 15) is 9.59 Å². The first-order chi connectivity index (χ1) is 9.99. The lowest BCUT2D eigenvalue weighted by molar-refractivity contribution is -0.121.